The molecule has 14 heavy (non-hydrogen) atoms. The van der Waals surface area contributed by atoms with Gasteiger partial charge in [-0.1, -0.05) is 12.1 Å². The summed E-state index contributed by atoms with van der Waals surface area (Å²) in [5.74, 6) is 0.386. The molecule has 0 saturated heterocycles. The van der Waals surface area contributed by atoms with E-state index in [1.54, 1.807) is 0 Å². The van der Waals surface area contributed by atoms with Crippen LogP contribution in [0.3, 0.4) is 0 Å². The molecule has 0 amide bonds. The molecule has 6 heteroatoms. The fourth-order valence-electron chi connectivity index (χ4n) is 1.39. The Morgan fingerprint density at radius 2 is 1.93 bits per heavy atom. The predicted molar refractivity (Wildman–Crippen MR) is 44.4 cm³/mol. The van der Waals surface area contributed by atoms with Gasteiger partial charge in [-0.15, -0.1) is 5.46 Å². The van der Waals surface area contributed by atoms with Gasteiger partial charge in [-0.3, -0.25) is 0 Å². The SMILES string of the molecule is F[B-](F)(F)c1ccc2c(c1)OCC2.[K+]. The van der Waals surface area contributed by atoms with Crippen molar-refractivity contribution in [2.45, 2.75) is 6.42 Å². The maximum Gasteiger partial charge on any atom is 1.00 e. The fraction of sp³-hybridized carbons (Fsp3) is 0.250. The molecule has 1 aromatic carbocycles. The zero-order valence-corrected chi connectivity index (χ0v) is 10.9. The average molecular weight is 226 g/mol. The van der Waals surface area contributed by atoms with Gasteiger partial charge in [-0.05, 0) is 11.6 Å². The van der Waals surface area contributed by atoms with E-state index in [0.29, 0.717) is 18.8 Å². The van der Waals surface area contributed by atoms with Gasteiger partial charge in [0, 0.05) is 6.42 Å². The van der Waals surface area contributed by atoms with Gasteiger partial charge in [0.15, 0.2) is 0 Å². The first-order valence-electron chi connectivity index (χ1n) is 4.03. The molecular weight excluding hydrogens is 219 g/mol. The van der Waals surface area contributed by atoms with Crippen LogP contribution in [0.4, 0.5) is 12.9 Å². The van der Waals surface area contributed by atoms with Gasteiger partial charge < -0.3 is 17.7 Å². The molecule has 1 aliphatic rings. The number of benzene rings is 1. The van der Waals surface area contributed by atoms with Crippen LogP contribution in [0, 0.1) is 0 Å². The maximum atomic E-state index is 12.3. The molecule has 0 fully saturated rings. The quantitative estimate of drug-likeness (QED) is 0.540. The van der Waals surface area contributed by atoms with E-state index in [1.165, 1.54) is 6.07 Å². The molecule has 0 spiro atoms. The summed E-state index contributed by atoms with van der Waals surface area (Å²) in [6.07, 6.45) is 0.709. The van der Waals surface area contributed by atoms with Crippen LogP contribution >= 0.6 is 0 Å². The number of halogens is 3. The molecule has 0 aliphatic carbocycles. The molecule has 0 radical (unpaired) electrons. The fourth-order valence-corrected chi connectivity index (χ4v) is 1.39. The van der Waals surface area contributed by atoms with Crippen LogP contribution in [0.25, 0.3) is 0 Å². The molecule has 0 atom stereocenters. The summed E-state index contributed by atoms with van der Waals surface area (Å²) in [5, 5.41) is 0. The van der Waals surface area contributed by atoms with Gasteiger partial charge in [0.1, 0.15) is 5.75 Å². The second-order valence-electron chi connectivity index (χ2n) is 3.04. The van der Waals surface area contributed by atoms with E-state index in [0.717, 1.165) is 17.7 Å². The average Bonchev–Trinajstić information content (AvgIpc) is 2.47. The van der Waals surface area contributed by atoms with Gasteiger partial charge >= 0.3 is 58.4 Å². The first-order chi connectivity index (χ1) is 6.07. The Kier molecular flexibility index (Phi) is 4.11. The third kappa shape index (κ3) is 2.55. The van der Waals surface area contributed by atoms with Crippen LogP contribution < -0.4 is 61.6 Å². The van der Waals surface area contributed by atoms with Gasteiger partial charge in [0.2, 0.25) is 0 Å². The van der Waals surface area contributed by atoms with Crippen molar-refractivity contribution in [3.63, 3.8) is 0 Å². The molecular formula is C8H7BF3KO. The third-order valence-electron chi connectivity index (χ3n) is 2.10. The molecule has 2 rings (SSSR count). The summed E-state index contributed by atoms with van der Waals surface area (Å²) in [4.78, 5) is 0. The summed E-state index contributed by atoms with van der Waals surface area (Å²) in [7, 11) is 0. The van der Waals surface area contributed by atoms with E-state index >= 15 is 0 Å². The molecule has 1 aromatic rings. The second kappa shape index (κ2) is 4.57. The second-order valence-corrected chi connectivity index (χ2v) is 3.04. The van der Waals surface area contributed by atoms with Crippen molar-refractivity contribution in [1.82, 2.24) is 0 Å². The van der Waals surface area contributed by atoms with Gasteiger partial charge in [-0.25, -0.2) is 0 Å². The van der Waals surface area contributed by atoms with Crippen LogP contribution in [0.15, 0.2) is 18.2 Å². The minimum atomic E-state index is -4.90. The standard InChI is InChI=1S/C8H7BF3O.K/c10-9(11,12)7-2-1-6-3-4-13-8(6)5-7;/h1-2,5H,3-4H2;/q-1;+1. The Bertz CT molecular complexity index is 340. The largest absolute Gasteiger partial charge is 1.00 e. The van der Waals surface area contributed by atoms with Crippen molar-refractivity contribution in [1.29, 1.82) is 0 Å². The van der Waals surface area contributed by atoms with Crippen molar-refractivity contribution >= 4 is 12.4 Å². The van der Waals surface area contributed by atoms with E-state index < -0.39 is 12.4 Å². The molecule has 0 unspecified atom stereocenters. The van der Waals surface area contributed by atoms with Crippen LogP contribution in [-0.2, 0) is 6.42 Å². The number of ether oxygens (including phenoxy) is 1. The van der Waals surface area contributed by atoms with E-state index in [1.807, 2.05) is 0 Å². The van der Waals surface area contributed by atoms with Crippen molar-refractivity contribution in [3.05, 3.63) is 23.8 Å². The third-order valence-corrected chi connectivity index (χ3v) is 2.10. The van der Waals surface area contributed by atoms with Crippen LogP contribution in [0.5, 0.6) is 5.75 Å². The summed E-state index contributed by atoms with van der Waals surface area (Å²) in [5.41, 5.74) is 0.282. The maximum absolute atomic E-state index is 12.3. The van der Waals surface area contributed by atoms with Gasteiger partial charge in [0.25, 0.3) is 0 Å². The Labute approximate surface area is 122 Å². The smallest absolute Gasteiger partial charge is 0.493 e. The number of hydrogen-bond donors (Lipinski definition) is 0. The Hall–Kier alpha value is 0.511. The molecule has 0 N–H and O–H groups in total. The molecule has 0 aromatic heterocycles. The Morgan fingerprint density at radius 1 is 1.21 bits per heavy atom. The summed E-state index contributed by atoms with van der Waals surface area (Å²) in [6, 6.07) is 3.70. The van der Waals surface area contributed by atoms with Crippen molar-refractivity contribution in [3.8, 4) is 5.75 Å². The van der Waals surface area contributed by atoms with E-state index in [9.17, 15) is 12.9 Å². The molecule has 0 saturated carbocycles. The monoisotopic (exact) mass is 226 g/mol. The molecule has 0 bridgehead atoms. The molecule has 1 nitrogen and oxygen atoms in total. The van der Waals surface area contributed by atoms with E-state index in [-0.39, 0.29) is 51.4 Å². The minimum Gasteiger partial charge on any atom is -0.493 e. The Balaban J connectivity index is 0.000000980. The van der Waals surface area contributed by atoms with Crippen LogP contribution in [0.1, 0.15) is 5.56 Å². The van der Waals surface area contributed by atoms with Crippen LogP contribution in [0.2, 0.25) is 0 Å². The van der Waals surface area contributed by atoms with Crippen LogP contribution in [-0.4, -0.2) is 13.6 Å². The summed E-state index contributed by atoms with van der Waals surface area (Å²) >= 11 is 0. The summed E-state index contributed by atoms with van der Waals surface area (Å²) in [6.45, 7) is -4.41. The molecule has 1 aliphatic heterocycles. The van der Waals surface area contributed by atoms with Crippen molar-refractivity contribution in [2.24, 2.45) is 0 Å². The van der Waals surface area contributed by atoms with Gasteiger partial charge in [-0.2, -0.15) is 0 Å². The van der Waals surface area contributed by atoms with E-state index in [4.69, 9.17) is 4.74 Å². The first kappa shape index (κ1) is 12.6. The normalized spacial score (nSPS) is 14.2. The zero-order chi connectivity index (χ0) is 9.47. The van der Waals surface area contributed by atoms with E-state index in [2.05, 4.69) is 0 Å². The molecule has 70 valence electrons. The molecule has 1 heterocycles. The Morgan fingerprint density at radius 3 is 2.57 bits per heavy atom. The van der Waals surface area contributed by atoms with Gasteiger partial charge in [0.05, 0.1) is 6.61 Å². The van der Waals surface area contributed by atoms with Crippen molar-refractivity contribution in [2.75, 3.05) is 6.61 Å². The predicted octanol–water partition coefficient (Wildman–Crippen LogP) is -1.32. The first-order valence-corrected chi connectivity index (χ1v) is 4.03. The number of rotatable bonds is 1. The topological polar surface area (TPSA) is 9.23 Å². The summed E-state index contributed by atoms with van der Waals surface area (Å²) < 4.78 is 41.8. The minimum absolute atomic E-state index is 0. The van der Waals surface area contributed by atoms with Crippen molar-refractivity contribution < 1.29 is 69.1 Å². The number of hydrogen-bond acceptors (Lipinski definition) is 1. The zero-order valence-electron chi connectivity index (χ0n) is 7.77. The number of fused-ring (bicyclic) bond motifs is 1.